The SMILES string of the molecule is CCCNCCS(=O)(=O)NCc1cn[nH]c1. The molecular weight excluding hydrogens is 228 g/mol. The van der Waals surface area contributed by atoms with Crippen LogP contribution in [-0.2, 0) is 16.6 Å². The highest BCUT2D eigenvalue weighted by molar-refractivity contribution is 7.89. The maximum absolute atomic E-state index is 11.5. The average molecular weight is 246 g/mol. The third kappa shape index (κ3) is 5.24. The number of sulfonamides is 1. The third-order valence-electron chi connectivity index (χ3n) is 2.03. The Morgan fingerprint density at radius 3 is 2.88 bits per heavy atom. The highest BCUT2D eigenvalue weighted by Gasteiger charge is 2.09. The lowest BCUT2D eigenvalue weighted by atomic mass is 10.4. The molecule has 0 saturated heterocycles. The molecule has 0 aliphatic heterocycles. The van der Waals surface area contributed by atoms with Gasteiger partial charge in [-0.2, -0.15) is 5.10 Å². The van der Waals surface area contributed by atoms with Crippen LogP contribution in [-0.4, -0.2) is 37.5 Å². The highest BCUT2D eigenvalue weighted by atomic mass is 32.2. The Labute approximate surface area is 95.9 Å². The molecule has 0 aliphatic carbocycles. The Balaban J connectivity index is 2.23. The molecule has 0 unspecified atom stereocenters. The molecule has 16 heavy (non-hydrogen) atoms. The van der Waals surface area contributed by atoms with E-state index in [9.17, 15) is 8.42 Å². The van der Waals surface area contributed by atoms with E-state index in [2.05, 4.69) is 20.2 Å². The van der Waals surface area contributed by atoms with Crippen LogP contribution < -0.4 is 10.0 Å². The van der Waals surface area contributed by atoms with E-state index in [1.807, 2.05) is 6.92 Å². The first-order valence-electron chi connectivity index (χ1n) is 5.30. The van der Waals surface area contributed by atoms with E-state index in [0.717, 1.165) is 18.5 Å². The van der Waals surface area contributed by atoms with Crippen LogP contribution in [0.3, 0.4) is 0 Å². The first-order valence-corrected chi connectivity index (χ1v) is 6.95. The average Bonchev–Trinajstić information content (AvgIpc) is 2.75. The molecule has 0 aromatic carbocycles. The Morgan fingerprint density at radius 2 is 2.25 bits per heavy atom. The Morgan fingerprint density at radius 1 is 1.44 bits per heavy atom. The minimum absolute atomic E-state index is 0.102. The molecule has 0 radical (unpaired) electrons. The summed E-state index contributed by atoms with van der Waals surface area (Å²) in [6, 6.07) is 0. The summed E-state index contributed by atoms with van der Waals surface area (Å²) in [5.74, 6) is 0.102. The van der Waals surface area contributed by atoms with Gasteiger partial charge in [0.05, 0.1) is 11.9 Å². The molecule has 0 saturated carbocycles. The zero-order valence-corrected chi connectivity index (χ0v) is 10.2. The number of hydrogen-bond donors (Lipinski definition) is 3. The van der Waals surface area contributed by atoms with Crippen molar-refractivity contribution >= 4 is 10.0 Å². The second kappa shape index (κ2) is 6.62. The maximum atomic E-state index is 11.5. The zero-order chi connectivity index (χ0) is 11.9. The fraction of sp³-hybridized carbons (Fsp3) is 0.667. The molecule has 0 atom stereocenters. The Hall–Kier alpha value is -0.920. The molecule has 0 aliphatic rings. The van der Waals surface area contributed by atoms with Crippen molar-refractivity contribution < 1.29 is 8.42 Å². The summed E-state index contributed by atoms with van der Waals surface area (Å²) in [6.45, 7) is 3.65. The molecule has 6 nitrogen and oxygen atoms in total. The fourth-order valence-electron chi connectivity index (χ4n) is 1.15. The van der Waals surface area contributed by atoms with E-state index < -0.39 is 10.0 Å². The van der Waals surface area contributed by atoms with E-state index in [-0.39, 0.29) is 12.3 Å². The standard InChI is InChI=1S/C9H18N4O2S/c1-2-3-10-4-5-16(14,15)13-8-9-6-11-12-7-9/h6-7,10,13H,2-5,8H2,1H3,(H,11,12). The van der Waals surface area contributed by atoms with Crippen LogP contribution in [0.5, 0.6) is 0 Å². The van der Waals surface area contributed by atoms with Gasteiger partial charge in [0.1, 0.15) is 0 Å². The topological polar surface area (TPSA) is 86.9 Å². The van der Waals surface area contributed by atoms with E-state index in [1.54, 1.807) is 12.4 Å². The molecule has 0 bridgehead atoms. The lowest BCUT2D eigenvalue weighted by Crippen LogP contribution is -2.31. The summed E-state index contributed by atoms with van der Waals surface area (Å²) >= 11 is 0. The molecule has 1 aromatic rings. The van der Waals surface area contributed by atoms with E-state index >= 15 is 0 Å². The first kappa shape index (κ1) is 13.1. The van der Waals surface area contributed by atoms with E-state index in [4.69, 9.17) is 0 Å². The van der Waals surface area contributed by atoms with Gasteiger partial charge in [-0.3, -0.25) is 5.10 Å². The molecule has 3 N–H and O–H groups in total. The van der Waals surface area contributed by atoms with Gasteiger partial charge in [-0.25, -0.2) is 13.1 Å². The second-order valence-corrected chi connectivity index (χ2v) is 5.42. The normalized spacial score (nSPS) is 11.8. The van der Waals surface area contributed by atoms with Crippen molar-refractivity contribution in [3.8, 4) is 0 Å². The van der Waals surface area contributed by atoms with E-state index in [0.29, 0.717) is 6.54 Å². The van der Waals surface area contributed by atoms with Gasteiger partial charge < -0.3 is 5.32 Å². The monoisotopic (exact) mass is 246 g/mol. The number of nitrogens with zero attached hydrogens (tertiary/aromatic N) is 1. The van der Waals surface area contributed by atoms with Crippen LogP contribution in [0.15, 0.2) is 12.4 Å². The number of hydrogen-bond acceptors (Lipinski definition) is 4. The van der Waals surface area contributed by atoms with Crippen molar-refractivity contribution in [3.05, 3.63) is 18.0 Å². The Kier molecular flexibility index (Phi) is 5.44. The second-order valence-electron chi connectivity index (χ2n) is 3.50. The van der Waals surface area contributed by atoms with Crippen molar-refractivity contribution in [3.63, 3.8) is 0 Å². The molecule has 1 rings (SSSR count). The number of nitrogens with one attached hydrogen (secondary N) is 3. The number of rotatable bonds is 8. The van der Waals surface area contributed by atoms with Gasteiger partial charge in [0, 0.05) is 24.8 Å². The zero-order valence-electron chi connectivity index (χ0n) is 9.36. The largest absolute Gasteiger partial charge is 0.316 e. The van der Waals surface area contributed by atoms with Gasteiger partial charge >= 0.3 is 0 Å². The molecule has 0 fully saturated rings. The summed E-state index contributed by atoms with van der Waals surface area (Å²) in [5, 5.41) is 9.41. The van der Waals surface area contributed by atoms with Crippen molar-refractivity contribution in [1.82, 2.24) is 20.2 Å². The van der Waals surface area contributed by atoms with Gasteiger partial charge in [-0.05, 0) is 13.0 Å². The van der Waals surface area contributed by atoms with Crippen LogP contribution in [0, 0.1) is 0 Å². The summed E-state index contributed by atoms with van der Waals surface area (Å²) in [4.78, 5) is 0. The minimum atomic E-state index is -3.19. The van der Waals surface area contributed by atoms with Crippen LogP contribution in [0.2, 0.25) is 0 Å². The van der Waals surface area contributed by atoms with Gasteiger partial charge in [0.15, 0.2) is 0 Å². The third-order valence-corrected chi connectivity index (χ3v) is 3.35. The molecule has 1 aromatic heterocycles. The van der Waals surface area contributed by atoms with Crippen molar-refractivity contribution in [2.24, 2.45) is 0 Å². The predicted molar refractivity (Wildman–Crippen MR) is 62.4 cm³/mol. The first-order chi connectivity index (χ1) is 7.64. The molecule has 7 heteroatoms. The number of aromatic amines is 1. The smallest absolute Gasteiger partial charge is 0.213 e. The van der Waals surface area contributed by atoms with Crippen LogP contribution in [0.1, 0.15) is 18.9 Å². The summed E-state index contributed by atoms with van der Waals surface area (Å²) in [5.41, 5.74) is 0.824. The van der Waals surface area contributed by atoms with Crippen molar-refractivity contribution in [1.29, 1.82) is 0 Å². The predicted octanol–water partition coefficient (Wildman–Crippen LogP) is -0.171. The molecule has 1 heterocycles. The minimum Gasteiger partial charge on any atom is -0.316 e. The maximum Gasteiger partial charge on any atom is 0.213 e. The summed E-state index contributed by atoms with van der Waals surface area (Å²) in [7, 11) is -3.19. The Bertz CT molecular complexity index is 374. The highest BCUT2D eigenvalue weighted by Crippen LogP contribution is 1.94. The van der Waals surface area contributed by atoms with Gasteiger partial charge in [0.2, 0.25) is 10.0 Å². The van der Waals surface area contributed by atoms with Crippen LogP contribution >= 0.6 is 0 Å². The van der Waals surface area contributed by atoms with Crippen LogP contribution in [0.25, 0.3) is 0 Å². The lowest BCUT2D eigenvalue weighted by molar-refractivity contribution is 0.576. The lowest BCUT2D eigenvalue weighted by Gasteiger charge is -2.06. The number of H-pyrrole nitrogens is 1. The fourth-order valence-corrected chi connectivity index (χ4v) is 2.09. The molecular formula is C9H18N4O2S. The number of aromatic nitrogens is 2. The van der Waals surface area contributed by atoms with Gasteiger partial charge in [0.25, 0.3) is 0 Å². The quantitative estimate of drug-likeness (QED) is 0.556. The van der Waals surface area contributed by atoms with E-state index in [1.165, 1.54) is 0 Å². The summed E-state index contributed by atoms with van der Waals surface area (Å²) < 4.78 is 25.5. The summed E-state index contributed by atoms with van der Waals surface area (Å²) in [6.07, 6.45) is 4.26. The van der Waals surface area contributed by atoms with Crippen molar-refractivity contribution in [2.45, 2.75) is 19.9 Å². The van der Waals surface area contributed by atoms with Crippen molar-refractivity contribution in [2.75, 3.05) is 18.8 Å². The molecule has 0 spiro atoms. The van der Waals surface area contributed by atoms with Crippen LogP contribution in [0.4, 0.5) is 0 Å². The van der Waals surface area contributed by atoms with Gasteiger partial charge in [-0.15, -0.1) is 0 Å². The molecule has 0 amide bonds. The molecule has 92 valence electrons. The van der Waals surface area contributed by atoms with Gasteiger partial charge in [-0.1, -0.05) is 6.92 Å².